The van der Waals surface area contributed by atoms with Crippen LogP contribution in [0.1, 0.15) is 31.2 Å². The van der Waals surface area contributed by atoms with Crippen molar-refractivity contribution < 1.29 is 14.3 Å². The first-order chi connectivity index (χ1) is 15.1. The van der Waals surface area contributed by atoms with E-state index in [1.165, 1.54) is 6.42 Å². The van der Waals surface area contributed by atoms with Crippen LogP contribution in [-0.2, 0) is 16.1 Å². The third-order valence-electron chi connectivity index (χ3n) is 5.95. The summed E-state index contributed by atoms with van der Waals surface area (Å²) in [7, 11) is 0. The predicted octanol–water partition coefficient (Wildman–Crippen LogP) is 3.79. The number of aromatic nitrogens is 1. The smallest absolute Gasteiger partial charge is 0.225 e. The fourth-order valence-corrected chi connectivity index (χ4v) is 4.46. The number of likely N-dealkylation sites (tertiary alicyclic amines) is 1. The minimum atomic E-state index is -0.686. The molecule has 0 spiro atoms. The van der Waals surface area contributed by atoms with E-state index in [-0.39, 0.29) is 5.91 Å². The van der Waals surface area contributed by atoms with Crippen LogP contribution >= 0.6 is 11.6 Å². The van der Waals surface area contributed by atoms with Crippen LogP contribution in [0.15, 0.2) is 48.8 Å². The summed E-state index contributed by atoms with van der Waals surface area (Å²) in [4.78, 5) is 21.7. The van der Waals surface area contributed by atoms with Gasteiger partial charge in [-0.25, -0.2) is 0 Å². The van der Waals surface area contributed by atoms with Crippen LogP contribution in [-0.4, -0.2) is 65.7 Å². The molecule has 0 aliphatic carbocycles. The van der Waals surface area contributed by atoms with Crippen molar-refractivity contribution in [1.82, 2.24) is 14.8 Å². The van der Waals surface area contributed by atoms with Gasteiger partial charge in [0.1, 0.15) is 18.0 Å². The van der Waals surface area contributed by atoms with Gasteiger partial charge in [-0.05, 0) is 55.2 Å². The Balaban J connectivity index is 1.47. The van der Waals surface area contributed by atoms with Gasteiger partial charge < -0.3 is 14.4 Å². The molecule has 0 unspecified atom stereocenters. The summed E-state index contributed by atoms with van der Waals surface area (Å²) in [6, 6.07) is 11.3. The summed E-state index contributed by atoms with van der Waals surface area (Å²) in [6.07, 6.45) is 7.35. The lowest BCUT2D eigenvalue weighted by atomic mass is 9.96. The molecule has 2 aliphatic rings. The number of ether oxygens (including phenoxy) is 2. The molecule has 6 nitrogen and oxygen atoms in total. The van der Waals surface area contributed by atoms with Crippen LogP contribution in [0.2, 0.25) is 5.02 Å². The number of benzene rings is 1. The SMILES string of the molecule is O=C(C[C@]1(COc2ccc(Cl)cc2)CN(Cc2cccnc2)CCO1)N1CCCCC1. The summed E-state index contributed by atoms with van der Waals surface area (Å²) < 4.78 is 12.4. The number of nitrogens with zero attached hydrogens (tertiary/aromatic N) is 3. The number of hydrogen-bond acceptors (Lipinski definition) is 5. The molecule has 0 saturated carbocycles. The summed E-state index contributed by atoms with van der Waals surface area (Å²) in [5.41, 5.74) is 0.466. The minimum Gasteiger partial charge on any atom is -0.491 e. The normalized spacial score (nSPS) is 22.3. The maximum absolute atomic E-state index is 13.1. The van der Waals surface area contributed by atoms with Gasteiger partial charge >= 0.3 is 0 Å². The van der Waals surface area contributed by atoms with Crippen LogP contribution in [0.4, 0.5) is 0 Å². The fourth-order valence-electron chi connectivity index (χ4n) is 4.33. The molecule has 7 heteroatoms. The van der Waals surface area contributed by atoms with E-state index in [2.05, 4.69) is 16.0 Å². The first-order valence-corrected chi connectivity index (χ1v) is 11.4. The van der Waals surface area contributed by atoms with Crippen molar-refractivity contribution in [3.63, 3.8) is 0 Å². The number of carbonyl (C=O) groups is 1. The molecule has 0 N–H and O–H groups in total. The largest absolute Gasteiger partial charge is 0.491 e. The third-order valence-corrected chi connectivity index (χ3v) is 6.21. The van der Waals surface area contributed by atoms with E-state index < -0.39 is 5.60 Å². The van der Waals surface area contributed by atoms with Gasteiger partial charge in [-0.2, -0.15) is 0 Å². The number of pyridine rings is 1. The summed E-state index contributed by atoms with van der Waals surface area (Å²) in [5.74, 6) is 0.879. The number of hydrogen-bond donors (Lipinski definition) is 0. The van der Waals surface area contributed by atoms with Crippen LogP contribution in [0.25, 0.3) is 0 Å². The molecule has 0 bridgehead atoms. The Hall–Kier alpha value is -2.15. The first-order valence-electron chi connectivity index (χ1n) is 11.0. The number of halogens is 1. The highest BCUT2D eigenvalue weighted by Gasteiger charge is 2.41. The van der Waals surface area contributed by atoms with Crippen molar-refractivity contribution in [1.29, 1.82) is 0 Å². The van der Waals surface area contributed by atoms with Crippen molar-refractivity contribution in [2.24, 2.45) is 0 Å². The molecule has 1 atom stereocenters. The van der Waals surface area contributed by atoms with Gasteiger partial charge in [0, 0.05) is 50.1 Å². The minimum absolute atomic E-state index is 0.155. The zero-order valence-electron chi connectivity index (χ0n) is 17.8. The molecule has 2 aliphatic heterocycles. The summed E-state index contributed by atoms with van der Waals surface area (Å²) in [5, 5.41) is 0.666. The van der Waals surface area contributed by atoms with E-state index in [9.17, 15) is 4.79 Å². The van der Waals surface area contributed by atoms with Gasteiger partial charge in [0.15, 0.2) is 0 Å². The van der Waals surface area contributed by atoms with Gasteiger partial charge in [-0.15, -0.1) is 0 Å². The fraction of sp³-hybridized carbons (Fsp3) is 0.500. The van der Waals surface area contributed by atoms with Crippen LogP contribution in [0, 0.1) is 0 Å². The summed E-state index contributed by atoms with van der Waals surface area (Å²) in [6.45, 7) is 4.79. The molecule has 2 saturated heterocycles. The zero-order valence-corrected chi connectivity index (χ0v) is 18.6. The van der Waals surface area contributed by atoms with Gasteiger partial charge in [0.2, 0.25) is 5.91 Å². The van der Waals surface area contributed by atoms with E-state index >= 15 is 0 Å². The Morgan fingerprint density at radius 2 is 1.94 bits per heavy atom. The predicted molar refractivity (Wildman–Crippen MR) is 120 cm³/mol. The number of morpholine rings is 1. The Labute approximate surface area is 189 Å². The molecule has 1 amide bonds. The molecule has 2 aromatic rings. The third kappa shape index (κ3) is 6.19. The molecule has 3 heterocycles. The molecular formula is C24H30ClN3O3. The Kier molecular flexibility index (Phi) is 7.43. The maximum Gasteiger partial charge on any atom is 0.225 e. The highest BCUT2D eigenvalue weighted by molar-refractivity contribution is 6.30. The second-order valence-electron chi connectivity index (χ2n) is 8.46. The van der Waals surface area contributed by atoms with Crippen molar-refractivity contribution in [2.45, 2.75) is 37.8 Å². The first kappa shape index (κ1) is 22.1. The molecule has 1 aromatic heterocycles. The van der Waals surface area contributed by atoms with Crippen molar-refractivity contribution in [3.8, 4) is 5.75 Å². The number of rotatable bonds is 7. The second kappa shape index (κ2) is 10.4. The van der Waals surface area contributed by atoms with E-state index in [0.29, 0.717) is 31.2 Å². The van der Waals surface area contributed by atoms with Gasteiger partial charge in [0.25, 0.3) is 0 Å². The summed E-state index contributed by atoms with van der Waals surface area (Å²) >= 11 is 6.00. The maximum atomic E-state index is 13.1. The van der Waals surface area contributed by atoms with Crippen molar-refractivity contribution in [3.05, 3.63) is 59.4 Å². The highest BCUT2D eigenvalue weighted by atomic mass is 35.5. The standard InChI is InChI=1S/C24H30ClN3O3/c25-21-6-8-22(9-7-21)30-19-24(15-23(29)28-11-2-1-3-12-28)18-27(13-14-31-24)17-20-5-4-10-26-16-20/h4-10,16H,1-3,11-15,17-19H2/t24-/m1/s1. The van der Waals surface area contributed by atoms with E-state index in [1.807, 2.05) is 29.3 Å². The molecule has 0 radical (unpaired) electrons. The van der Waals surface area contributed by atoms with E-state index in [1.54, 1.807) is 18.3 Å². The van der Waals surface area contributed by atoms with E-state index in [0.717, 1.165) is 50.3 Å². The van der Waals surface area contributed by atoms with Gasteiger partial charge in [-0.3, -0.25) is 14.7 Å². The number of piperidine rings is 1. The zero-order chi connectivity index (χ0) is 21.5. The Morgan fingerprint density at radius 3 is 2.68 bits per heavy atom. The average Bonchev–Trinajstić information content (AvgIpc) is 2.80. The average molecular weight is 444 g/mol. The Bertz CT molecular complexity index is 843. The lowest BCUT2D eigenvalue weighted by Gasteiger charge is -2.43. The molecule has 166 valence electrons. The van der Waals surface area contributed by atoms with Gasteiger partial charge in [0.05, 0.1) is 13.0 Å². The van der Waals surface area contributed by atoms with E-state index in [4.69, 9.17) is 21.1 Å². The molecule has 4 rings (SSSR count). The van der Waals surface area contributed by atoms with Crippen LogP contribution in [0.5, 0.6) is 5.75 Å². The van der Waals surface area contributed by atoms with Crippen molar-refractivity contribution in [2.75, 3.05) is 39.4 Å². The van der Waals surface area contributed by atoms with Crippen molar-refractivity contribution >= 4 is 17.5 Å². The molecule has 31 heavy (non-hydrogen) atoms. The van der Waals surface area contributed by atoms with Crippen LogP contribution < -0.4 is 4.74 Å². The number of carbonyl (C=O) groups excluding carboxylic acids is 1. The lowest BCUT2D eigenvalue weighted by molar-refractivity contribution is -0.157. The Morgan fingerprint density at radius 1 is 1.13 bits per heavy atom. The monoisotopic (exact) mass is 443 g/mol. The van der Waals surface area contributed by atoms with Gasteiger partial charge in [-0.1, -0.05) is 17.7 Å². The lowest BCUT2D eigenvalue weighted by Crippen LogP contribution is -2.57. The molecule has 2 fully saturated rings. The molecule has 1 aromatic carbocycles. The topological polar surface area (TPSA) is 54.9 Å². The molecular weight excluding hydrogens is 414 g/mol. The number of amides is 1. The quantitative estimate of drug-likeness (QED) is 0.651. The second-order valence-corrected chi connectivity index (χ2v) is 8.90. The highest BCUT2D eigenvalue weighted by Crippen LogP contribution is 2.27. The van der Waals surface area contributed by atoms with Crippen LogP contribution in [0.3, 0.4) is 0 Å².